The Balaban J connectivity index is 1.18. The van der Waals surface area contributed by atoms with Crippen LogP contribution in [0.4, 0.5) is 0 Å². The Bertz CT molecular complexity index is 1600. The van der Waals surface area contributed by atoms with E-state index in [2.05, 4.69) is 16.4 Å². The number of hydrogen-bond donors (Lipinski definition) is 1. The monoisotopic (exact) mass is 533 g/mol. The van der Waals surface area contributed by atoms with Gasteiger partial charge in [-0.15, -0.1) is 0 Å². The molecule has 3 aromatic heterocycles. The minimum absolute atomic E-state index is 0.152. The first-order valence-corrected chi connectivity index (χ1v) is 13.1. The Hall–Kier alpha value is -5.11. The van der Waals surface area contributed by atoms with E-state index in [1.54, 1.807) is 36.7 Å². The zero-order valence-electron chi connectivity index (χ0n) is 21.7. The molecule has 2 aromatic carbocycles. The molecule has 1 N–H and O–H groups in total. The largest absolute Gasteiger partial charge is 0.486 e. The third-order valence-electron chi connectivity index (χ3n) is 6.92. The summed E-state index contributed by atoms with van der Waals surface area (Å²) in [6.07, 6.45) is 5.60. The quantitative estimate of drug-likeness (QED) is 0.280. The fourth-order valence-electron chi connectivity index (χ4n) is 4.94. The van der Waals surface area contributed by atoms with Crippen molar-refractivity contribution in [2.75, 3.05) is 6.54 Å². The van der Waals surface area contributed by atoms with Crippen LogP contribution in [0.2, 0.25) is 0 Å². The lowest BCUT2D eigenvalue weighted by atomic mass is 9.87. The van der Waals surface area contributed by atoms with Crippen LogP contribution in [-0.4, -0.2) is 28.2 Å². The van der Waals surface area contributed by atoms with Crippen LogP contribution in [0.15, 0.2) is 112 Å². The summed E-state index contributed by atoms with van der Waals surface area (Å²) in [5.74, 6) is 1.25. The molecule has 1 atom stereocenters. The highest BCUT2D eigenvalue weighted by Crippen LogP contribution is 2.38. The highest BCUT2D eigenvalue weighted by atomic mass is 16.5. The van der Waals surface area contributed by atoms with Gasteiger partial charge in [0.1, 0.15) is 18.1 Å². The fraction of sp³-hybridized carbons (Fsp3) is 0.156. The summed E-state index contributed by atoms with van der Waals surface area (Å²) in [5.41, 5.74) is 4.12. The van der Waals surface area contributed by atoms with Crippen molar-refractivity contribution in [3.8, 4) is 5.75 Å². The average Bonchev–Trinajstić information content (AvgIpc) is 3.72. The lowest BCUT2D eigenvalue weighted by Gasteiger charge is -2.37. The van der Waals surface area contributed by atoms with Crippen molar-refractivity contribution in [3.63, 3.8) is 0 Å². The summed E-state index contributed by atoms with van der Waals surface area (Å²) < 4.78 is 17.2. The number of amides is 2. The van der Waals surface area contributed by atoms with E-state index in [9.17, 15) is 9.59 Å². The first kappa shape index (κ1) is 25.2. The van der Waals surface area contributed by atoms with E-state index >= 15 is 0 Å². The number of carbonyl (C=O) groups excluding carboxylic acids is 2. The maximum Gasteiger partial charge on any atom is 0.290 e. The molecule has 6 rings (SSSR count). The van der Waals surface area contributed by atoms with E-state index in [-0.39, 0.29) is 30.2 Å². The van der Waals surface area contributed by atoms with Crippen molar-refractivity contribution in [1.29, 1.82) is 0 Å². The Morgan fingerprint density at radius 1 is 0.950 bits per heavy atom. The number of nitrogens with zero attached hydrogens (tertiary/aromatic N) is 2. The van der Waals surface area contributed by atoms with Gasteiger partial charge >= 0.3 is 0 Å². The molecule has 200 valence electrons. The lowest BCUT2D eigenvalue weighted by Crippen LogP contribution is -2.40. The second kappa shape index (κ2) is 11.3. The number of carbonyl (C=O) groups is 2. The smallest absolute Gasteiger partial charge is 0.290 e. The molecule has 1 aliphatic heterocycles. The maximum absolute atomic E-state index is 13.4. The molecule has 2 amide bonds. The Morgan fingerprint density at radius 2 is 1.80 bits per heavy atom. The number of hydrogen-bond acceptors (Lipinski definition) is 6. The molecule has 1 unspecified atom stereocenters. The van der Waals surface area contributed by atoms with Gasteiger partial charge in [0.2, 0.25) is 0 Å². The molecule has 5 aromatic rings. The van der Waals surface area contributed by atoms with Crippen LogP contribution in [0.1, 0.15) is 55.2 Å². The molecule has 0 radical (unpaired) electrons. The van der Waals surface area contributed by atoms with E-state index in [1.165, 1.54) is 6.26 Å². The van der Waals surface area contributed by atoms with E-state index in [4.69, 9.17) is 13.6 Å². The van der Waals surface area contributed by atoms with Crippen LogP contribution in [0, 0.1) is 0 Å². The van der Waals surface area contributed by atoms with Crippen molar-refractivity contribution in [2.45, 2.75) is 25.6 Å². The molecule has 0 saturated carbocycles. The van der Waals surface area contributed by atoms with E-state index in [0.717, 1.165) is 28.7 Å². The topological polar surface area (TPSA) is 97.8 Å². The van der Waals surface area contributed by atoms with Crippen molar-refractivity contribution < 1.29 is 23.2 Å². The summed E-state index contributed by atoms with van der Waals surface area (Å²) >= 11 is 0. The fourth-order valence-corrected chi connectivity index (χ4v) is 4.94. The molecular formula is C32H27N3O5. The Labute approximate surface area is 231 Å². The number of pyridine rings is 1. The summed E-state index contributed by atoms with van der Waals surface area (Å²) in [4.78, 5) is 31.7. The van der Waals surface area contributed by atoms with Gasteiger partial charge in [-0.3, -0.25) is 14.6 Å². The first-order valence-electron chi connectivity index (χ1n) is 13.1. The van der Waals surface area contributed by atoms with Gasteiger partial charge in [0, 0.05) is 25.5 Å². The molecule has 0 aliphatic carbocycles. The molecule has 0 bridgehead atoms. The second-order valence-corrected chi connectivity index (χ2v) is 9.49. The molecule has 1 aliphatic rings. The zero-order chi connectivity index (χ0) is 27.3. The normalized spacial score (nSPS) is 14.4. The number of fused-ring (bicyclic) bond motifs is 1. The van der Waals surface area contributed by atoms with Gasteiger partial charge in [0.25, 0.3) is 11.8 Å². The number of furan rings is 2. The lowest BCUT2D eigenvalue weighted by molar-refractivity contribution is 0.0661. The highest BCUT2D eigenvalue weighted by molar-refractivity contribution is 5.92. The van der Waals surface area contributed by atoms with Crippen LogP contribution >= 0.6 is 0 Å². The number of rotatable bonds is 8. The number of aromatic nitrogens is 1. The van der Waals surface area contributed by atoms with Crippen molar-refractivity contribution >= 4 is 11.8 Å². The van der Waals surface area contributed by atoms with E-state index in [1.807, 2.05) is 59.5 Å². The van der Waals surface area contributed by atoms with Gasteiger partial charge in [0.05, 0.1) is 12.3 Å². The average molecular weight is 534 g/mol. The van der Waals surface area contributed by atoms with Gasteiger partial charge in [-0.1, -0.05) is 36.4 Å². The van der Waals surface area contributed by atoms with Crippen LogP contribution in [0.5, 0.6) is 5.75 Å². The van der Waals surface area contributed by atoms with Crippen molar-refractivity contribution in [3.05, 3.63) is 143 Å². The van der Waals surface area contributed by atoms with Crippen LogP contribution < -0.4 is 10.1 Å². The van der Waals surface area contributed by atoms with E-state index < -0.39 is 0 Å². The van der Waals surface area contributed by atoms with Gasteiger partial charge in [-0.25, -0.2) is 0 Å². The van der Waals surface area contributed by atoms with Gasteiger partial charge in [-0.2, -0.15) is 0 Å². The van der Waals surface area contributed by atoms with Crippen LogP contribution in [-0.2, 0) is 19.6 Å². The molecule has 8 heteroatoms. The molecule has 0 spiro atoms. The van der Waals surface area contributed by atoms with Crippen molar-refractivity contribution in [2.24, 2.45) is 0 Å². The predicted octanol–water partition coefficient (Wildman–Crippen LogP) is 5.56. The van der Waals surface area contributed by atoms with Crippen LogP contribution in [0.25, 0.3) is 0 Å². The standard InChI is InChI=1S/C32H27N3O5/c36-31(34-20-22-12-15-33-16-13-22)28-11-10-26(40-28)21-39-25-9-8-23-14-17-35(32(37)29-7-4-18-38-29)30(27(23)19-25)24-5-2-1-3-6-24/h1-13,15-16,18-19,30H,14,17,20-21H2,(H,34,36). The third-order valence-corrected chi connectivity index (χ3v) is 6.92. The maximum atomic E-state index is 13.4. The summed E-state index contributed by atoms with van der Waals surface area (Å²) in [6, 6.07) is 26.1. The minimum atomic E-state index is -0.302. The third kappa shape index (κ3) is 5.37. The second-order valence-electron chi connectivity index (χ2n) is 9.49. The molecule has 8 nitrogen and oxygen atoms in total. The predicted molar refractivity (Wildman–Crippen MR) is 147 cm³/mol. The van der Waals surface area contributed by atoms with Gasteiger partial charge < -0.3 is 23.8 Å². The number of benzene rings is 2. The van der Waals surface area contributed by atoms with Gasteiger partial charge in [0.15, 0.2) is 11.5 Å². The summed E-state index contributed by atoms with van der Waals surface area (Å²) in [7, 11) is 0. The SMILES string of the molecule is O=C(NCc1ccncc1)c1ccc(COc2ccc3c(c2)C(c2ccccc2)N(C(=O)c2ccco2)CC3)o1. The summed E-state index contributed by atoms with van der Waals surface area (Å²) in [5, 5.41) is 2.84. The van der Waals surface area contributed by atoms with Crippen molar-refractivity contribution in [1.82, 2.24) is 15.2 Å². The zero-order valence-corrected chi connectivity index (χ0v) is 21.7. The van der Waals surface area contributed by atoms with Crippen LogP contribution in [0.3, 0.4) is 0 Å². The molecule has 0 saturated heterocycles. The number of ether oxygens (including phenoxy) is 1. The number of nitrogens with one attached hydrogen (secondary N) is 1. The van der Waals surface area contributed by atoms with Gasteiger partial charge in [-0.05, 0) is 77.2 Å². The first-order chi connectivity index (χ1) is 19.7. The highest BCUT2D eigenvalue weighted by Gasteiger charge is 2.34. The summed E-state index contributed by atoms with van der Waals surface area (Å²) in [6.45, 7) is 1.11. The molecule has 40 heavy (non-hydrogen) atoms. The Morgan fingerprint density at radius 3 is 2.60 bits per heavy atom. The molecule has 4 heterocycles. The van der Waals surface area contributed by atoms with E-state index in [0.29, 0.717) is 30.4 Å². The molecule has 0 fully saturated rings. The minimum Gasteiger partial charge on any atom is -0.486 e. The molecular weight excluding hydrogens is 506 g/mol. The Kier molecular flexibility index (Phi) is 7.13.